The van der Waals surface area contributed by atoms with Crippen molar-refractivity contribution in [2.45, 2.75) is 39.5 Å². The maximum absolute atomic E-state index is 10.1. The molecule has 0 aliphatic rings. The predicted octanol–water partition coefficient (Wildman–Crippen LogP) is 4.03. The van der Waals surface area contributed by atoms with Gasteiger partial charge in [0.15, 0.2) is 0 Å². The van der Waals surface area contributed by atoms with Crippen molar-refractivity contribution < 1.29 is 5.11 Å². The third kappa shape index (κ3) is 2.82. The fourth-order valence-electron chi connectivity index (χ4n) is 2.69. The molecule has 4 nitrogen and oxygen atoms in total. The number of phenols is 1. The maximum atomic E-state index is 10.1. The second-order valence-corrected chi connectivity index (χ2v) is 5.64. The molecule has 0 aliphatic heterocycles. The highest BCUT2D eigenvalue weighted by Crippen LogP contribution is 2.24. The van der Waals surface area contributed by atoms with E-state index in [1.165, 1.54) is 15.9 Å². The van der Waals surface area contributed by atoms with Crippen LogP contribution in [0, 0.1) is 0 Å². The van der Waals surface area contributed by atoms with Crippen molar-refractivity contribution in [2.24, 2.45) is 0 Å². The van der Waals surface area contributed by atoms with Crippen molar-refractivity contribution in [1.82, 2.24) is 15.0 Å². The summed E-state index contributed by atoms with van der Waals surface area (Å²) in [5.74, 6) is 0.203. The molecule has 3 rings (SSSR count). The predicted molar refractivity (Wildman–Crippen MR) is 88.5 cm³/mol. The largest absolute Gasteiger partial charge is 0.506 e. The number of rotatable bonds is 5. The van der Waals surface area contributed by atoms with Gasteiger partial charge < -0.3 is 5.11 Å². The van der Waals surface area contributed by atoms with E-state index in [1.54, 1.807) is 6.07 Å². The molecule has 0 atom stereocenters. The number of hydrogen-bond acceptors (Lipinski definition) is 3. The van der Waals surface area contributed by atoms with Crippen molar-refractivity contribution in [3.63, 3.8) is 0 Å². The summed E-state index contributed by atoms with van der Waals surface area (Å²) in [6, 6.07) is 11.8. The van der Waals surface area contributed by atoms with E-state index in [0.717, 1.165) is 36.7 Å². The SMILES string of the molecule is CCCc1ccc(O)c(-n2nc3ccc(CCC)cc3n2)c1. The highest BCUT2D eigenvalue weighted by atomic mass is 16.3. The standard InChI is InChI=1S/C18H21N3O/c1-3-5-13-7-9-15-16(11-13)20-21(19-15)17-12-14(6-4-2)8-10-18(17)22/h7-12,22H,3-6H2,1-2H3. The smallest absolute Gasteiger partial charge is 0.143 e. The topological polar surface area (TPSA) is 50.9 Å². The summed E-state index contributed by atoms with van der Waals surface area (Å²) >= 11 is 0. The van der Waals surface area contributed by atoms with E-state index in [1.807, 2.05) is 18.2 Å². The lowest BCUT2D eigenvalue weighted by Gasteiger charge is -2.05. The molecule has 0 amide bonds. The Morgan fingerprint density at radius 1 is 0.864 bits per heavy atom. The lowest BCUT2D eigenvalue weighted by atomic mass is 10.1. The van der Waals surface area contributed by atoms with E-state index in [4.69, 9.17) is 0 Å². The molecule has 22 heavy (non-hydrogen) atoms. The first-order valence-electron chi connectivity index (χ1n) is 7.89. The van der Waals surface area contributed by atoms with Crippen molar-refractivity contribution in [1.29, 1.82) is 0 Å². The van der Waals surface area contributed by atoms with Gasteiger partial charge in [0.05, 0.1) is 0 Å². The molecule has 0 spiro atoms. The van der Waals surface area contributed by atoms with Gasteiger partial charge in [0.1, 0.15) is 22.5 Å². The Balaban J connectivity index is 2.04. The second kappa shape index (κ2) is 6.18. The molecule has 0 aliphatic carbocycles. The van der Waals surface area contributed by atoms with Crippen LogP contribution < -0.4 is 0 Å². The van der Waals surface area contributed by atoms with Crippen LogP contribution >= 0.6 is 0 Å². The molecule has 0 unspecified atom stereocenters. The van der Waals surface area contributed by atoms with Crippen LogP contribution in [0.3, 0.4) is 0 Å². The number of benzene rings is 2. The van der Waals surface area contributed by atoms with Gasteiger partial charge in [-0.05, 0) is 48.2 Å². The zero-order valence-electron chi connectivity index (χ0n) is 13.1. The molecule has 1 heterocycles. The minimum atomic E-state index is 0.203. The molecule has 114 valence electrons. The number of aromatic hydroxyl groups is 1. The molecule has 0 saturated carbocycles. The minimum Gasteiger partial charge on any atom is -0.506 e. The summed E-state index contributed by atoms with van der Waals surface area (Å²) in [7, 11) is 0. The van der Waals surface area contributed by atoms with Crippen LogP contribution in [-0.4, -0.2) is 20.1 Å². The van der Waals surface area contributed by atoms with E-state index in [0.29, 0.717) is 5.69 Å². The van der Waals surface area contributed by atoms with E-state index < -0.39 is 0 Å². The molecule has 1 N–H and O–H groups in total. The van der Waals surface area contributed by atoms with Gasteiger partial charge >= 0.3 is 0 Å². The van der Waals surface area contributed by atoms with Gasteiger partial charge in [-0.3, -0.25) is 0 Å². The van der Waals surface area contributed by atoms with Crippen LogP contribution in [0.5, 0.6) is 5.75 Å². The van der Waals surface area contributed by atoms with Gasteiger partial charge in [-0.25, -0.2) is 0 Å². The molecule has 0 bridgehead atoms. The van der Waals surface area contributed by atoms with Crippen molar-refractivity contribution in [3.8, 4) is 11.4 Å². The Bertz CT molecular complexity index is 792. The Morgan fingerprint density at radius 3 is 2.23 bits per heavy atom. The Labute approximate surface area is 130 Å². The molecule has 4 heteroatoms. The summed E-state index contributed by atoms with van der Waals surface area (Å²) in [6.45, 7) is 4.31. The maximum Gasteiger partial charge on any atom is 0.143 e. The van der Waals surface area contributed by atoms with Crippen LogP contribution in [0.25, 0.3) is 16.7 Å². The number of aryl methyl sites for hydroxylation is 2. The Morgan fingerprint density at radius 2 is 1.50 bits per heavy atom. The molecular weight excluding hydrogens is 274 g/mol. The van der Waals surface area contributed by atoms with Gasteiger partial charge in [-0.2, -0.15) is 0 Å². The van der Waals surface area contributed by atoms with E-state index in [-0.39, 0.29) is 5.75 Å². The normalized spacial score (nSPS) is 11.2. The number of hydrogen-bond donors (Lipinski definition) is 1. The van der Waals surface area contributed by atoms with E-state index in [2.05, 4.69) is 36.2 Å². The quantitative estimate of drug-likeness (QED) is 0.773. The van der Waals surface area contributed by atoms with Crippen molar-refractivity contribution in [2.75, 3.05) is 0 Å². The first-order chi connectivity index (χ1) is 10.7. The molecule has 1 aromatic heterocycles. The van der Waals surface area contributed by atoms with Crippen LogP contribution in [0.2, 0.25) is 0 Å². The molecule has 2 aromatic carbocycles. The van der Waals surface area contributed by atoms with Gasteiger partial charge in [-0.15, -0.1) is 15.0 Å². The van der Waals surface area contributed by atoms with E-state index >= 15 is 0 Å². The van der Waals surface area contributed by atoms with E-state index in [9.17, 15) is 5.11 Å². The highest BCUT2D eigenvalue weighted by Gasteiger charge is 2.10. The average molecular weight is 295 g/mol. The van der Waals surface area contributed by atoms with Crippen LogP contribution in [0.4, 0.5) is 0 Å². The average Bonchev–Trinajstić information content (AvgIpc) is 2.93. The third-order valence-corrected chi connectivity index (χ3v) is 3.78. The lowest BCUT2D eigenvalue weighted by Crippen LogP contribution is -2.00. The van der Waals surface area contributed by atoms with Crippen LogP contribution in [0.15, 0.2) is 36.4 Å². The Kier molecular flexibility index (Phi) is 4.09. The molecule has 0 radical (unpaired) electrons. The fraction of sp³-hybridized carbons (Fsp3) is 0.333. The van der Waals surface area contributed by atoms with Crippen LogP contribution in [-0.2, 0) is 12.8 Å². The van der Waals surface area contributed by atoms with Gasteiger partial charge in [-0.1, -0.05) is 38.8 Å². The number of aromatic nitrogens is 3. The first kappa shape index (κ1) is 14.6. The molecular formula is C18H21N3O. The number of phenolic OH excluding ortho intramolecular Hbond substituents is 1. The summed E-state index contributed by atoms with van der Waals surface area (Å²) in [5, 5.41) is 19.1. The van der Waals surface area contributed by atoms with Gasteiger partial charge in [0.2, 0.25) is 0 Å². The Hall–Kier alpha value is -2.36. The van der Waals surface area contributed by atoms with Gasteiger partial charge in [0, 0.05) is 0 Å². The van der Waals surface area contributed by atoms with Crippen molar-refractivity contribution in [3.05, 3.63) is 47.5 Å². The summed E-state index contributed by atoms with van der Waals surface area (Å²) in [4.78, 5) is 1.54. The number of nitrogens with zero attached hydrogens (tertiary/aromatic N) is 3. The monoisotopic (exact) mass is 295 g/mol. The minimum absolute atomic E-state index is 0.203. The first-order valence-corrected chi connectivity index (χ1v) is 7.89. The second-order valence-electron chi connectivity index (χ2n) is 5.64. The lowest BCUT2D eigenvalue weighted by molar-refractivity contribution is 0.467. The molecule has 3 aromatic rings. The highest BCUT2D eigenvalue weighted by molar-refractivity contribution is 5.75. The van der Waals surface area contributed by atoms with Gasteiger partial charge in [0.25, 0.3) is 0 Å². The molecule has 0 saturated heterocycles. The summed E-state index contributed by atoms with van der Waals surface area (Å²) in [5.41, 5.74) is 4.81. The summed E-state index contributed by atoms with van der Waals surface area (Å²) in [6.07, 6.45) is 4.20. The van der Waals surface area contributed by atoms with Crippen LogP contribution in [0.1, 0.15) is 37.8 Å². The summed E-state index contributed by atoms with van der Waals surface area (Å²) < 4.78 is 0. The molecule has 0 fully saturated rings. The zero-order chi connectivity index (χ0) is 15.5. The van der Waals surface area contributed by atoms with Crippen molar-refractivity contribution >= 4 is 11.0 Å². The third-order valence-electron chi connectivity index (χ3n) is 3.78. The fourth-order valence-corrected chi connectivity index (χ4v) is 2.69. The zero-order valence-corrected chi connectivity index (χ0v) is 13.1. The number of fused-ring (bicyclic) bond motifs is 1.